The number of nitro benzene ring substituents is 2. The van der Waals surface area contributed by atoms with Crippen molar-refractivity contribution in [2.75, 3.05) is 13.7 Å². The van der Waals surface area contributed by atoms with Gasteiger partial charge in [-0.2, -0.15) is 0 Å². The Hall–Kier alpha value is -4.35. The standard InChI is InChI=1S/C24H26N4O8/c1-12-11-16(13(2)25-12)9-10-36-24(30)20-15(4)26-14(3)19(23(29)35-5)22(20)21-17(27(31)32)7-6-8-18(21)28(33)34/h6-8,11,19,22,25H,9-10H2,1-5H3. The summed E-state index contributed by atoms with van der Waals surface area (Å²) < 4.78 is 10.4. The number of aromatic amines is 1. The molecule has 190 valence electrons. The van der Waals surface area contributed by atoms with Gasteiger partial charge >= 0.3 is 11.9 Å². The average Bonchev–Trinajstić information content (AvgIpc) is 3.13. The summed E-state index contributed by atoms with van der Waals surface area (Å²) in [5.41, 5.74) is 1.40. The van der Waals surface area contributed by atoms with Gasteiger partial charge < -0.3 is 14.5 Å². The largest absolute Gasteiger partial charge is 0.468 e. The Kier molecular flexibility index (Phi) is 7.66. The van der Waals surface area contributed by atoms with Crippen LogP contribution in [0.2, 0.25) is 0 Å². The summed E-state index contributed by atoms with van der Waals surface area (Å²) in [6.07, 6.45) is 0.396. The van der Waals surface area contributed by atoms with Crippen molar-refractivity contribution >= 4 is 29.0 Å². The van der Waals surface area contributed by atoms with Crippen molar-refractivity contribution < 1.29 is 28.9 Å². The van der Waals surface area contributed by atoms with Crippen molar-refractivity contribution in [3.05, 3.63) is 78.3 Å². The number of carbonyl (C=O) groups is 2. The van der Waals surface area contributed by atoms with Crippen molar-refractivity contribution in [2.45, 2.75) is 40.0 Å². The Morgan fingerprint density at radius 3 is 2.19 bits per heavy atom. The summed E-state index contributed by atoms with van der Waals surface area (Å²) in [6, 6.07) is 5.28. The van der Waals surface area contributed by atoms with Gasteiger partial charge in [0.1, 0.15) is 11.5 Å². The molecule has 2 aromatic rings. The van der Waals surface area contributed by atoms with Gasteiger partial charge in [-0.3, -0.25) is 30.0 Å². The number of aromatic nitrogens is 1. The number of esters is 2. The number of nitrogens with zero attached hydrogens (tertiary/aromatic N) is 3. The molecular weight excluding hydrogens is 472 g/mol. The molecule has 1 aromatic heterocycles. The lowest BCUT2D eigenvalue weighted by atomic mass is 9.74. The third-order valence-electron chi connectivity index (χ3n) is 6.13. The summed E-state index contributed by atoms with van der Waals surface area (Å²) in [6.45, 7) is 6.75. The molecule has 1 aromatic carbocycles. The predicted octanol–water partition coefficient (Wildman–Crippen LogP) is 3.86. The molecule has 12 nitrogen and oxygen atoms in total. The number of rotatable bonds is 8. The minimum atomic E-state index is -1.42. The van der Waals surface area contributed by atoms with E-state index >= 15 is 0 Å². The summed E-state index contributed by atoms with van der Waals surface area (Å²) in [7, 11) is 1.12. The summed E-state index contributed by atoms with van der Waals surface area (Å²) in [5.74, 6) is -4.44. The highest BCUT2D eigenvalue weighted by Crippen LogP contribution is 2.46. The van der Waals surface area contributed by atoms with Crippen molar-refractivity contribution in [3.63, 3.8) is 0 Å². The first-order valence-electron chi connectivity index (χ1n) is 11.1. The average molecular weight is 498 g/mol. The van der Waals surface area contributed by atoms with Crippen molar-refractivity contribution in [1.29, 1.82) is 0 Å². The number of carbonyl (C=O) groups excluding carboxylic acids is 2. The zero-order valence-corrected chi connectivity index (χ0v) is 20.5. The van der Waals surface area contributed by atoms with E-state index < -0.39 is 45.0 Å². The zero-order valence-electron chi connectivity index (χ0n) is 20.5. The van der Waals surface area contributed by atoms with Crippen LogP contribution in [-0.2, 0) is 25.5 Å². The maximum atomic E-state index is 13.3. The van der Waals surface area contributed by atoms with Crippen LogP contribution in [-0.4, -0.2) is 46.2 Å². The molecule has 0 bridgehead atoms. The Labute approximate surface area is 206 Å². The molecule has 0 saturated carbocycles. The molecular formula is C24H26N4O8. The molecule has 1 aliphatic rings. The van der Waals surface area contributed by atoms with E-state index in [0.29, 0.717) is 6.42 Å². The number of nitro groups is 2. The number of hydrogen-bond donors (Lipinski definition) is 1. The second kappa shape index (κ2) is 10.5. The monoisotopic (exact) mass is 498 g/mol. The van der Waals surface area contributed by atoms with Crippen LogP contribution in [0.25, 0.3) is 0 Å². The summed E-state index contributed by atoms with van der Waals surface area (Å²) in [5, 5.41) is 23.8. The van der Waals surface area contributed by atoms with E-state index in [1.165, 1.54) is 19.9 Å². The molecule has 36 heavy (non-hydrogen) atoms. The first kappa shape index (κ1) is 26.3. The first-order valence-corrected chi connectivity index (χ1v) is 11.1. The van der Waals surface area contributed by atoms with Crippen LogP contribution in [0, 0.1) is 40.0 Å². The molecule has 3 rings (SSSR count). The molecule has 2 atom stereocenters. The van der Waals surface area contributed by atoms with E-state index in [9.17, 15) is 29.8 Å². The lowest BCUT2D eigenvalue weighted by Gasteiger charge is -2.30. The van der Waals surface area contributed by atoms with Crippen molar-refractivity contribution in [2.24, 2.45) is 10.9 Å². The SMILES string of the molecule is COC(=O)C1C(C)=NC(C)=C(C(=O)OCCc2cc(C)[nH]c2C)C1c1c([N+](=O)[O-])cccc1[N+](=O)[O-]. The van der Waals surface area contributed by atoms with Crippen LogP contribution in [0.5, 0.6) is 0 Å². The van der Waals surface area contributed by atoms with Crippen molar-refractivity contribution in [1.82, 2.24) is 4.98 Å². The van der Waals surface area contributed by atoms with Gasteiger partial charge in [-0.15, -0.1) is 0 Å². The number of ether oxygens (including phenoxy) is 2. The number of aliphatic imine (C=N–C) groups is 1. The number of benzene rings is 1. The fourth-order valence-electron chi connectivity index (χ4n) is 4.60. The number of allylic oxidation sites excluding steroid dienone is 1. The van der Waals surface area contributed by atoms with Gasteiger partial charge in [0.25, 0.3) is 11.4 Å². The van der Waals surface area contributed by atoms with Crippen LogP contribution in [0.3, 0.4) is 0 Å². The van der Waals surface area contributed by atoms with E-state index in [4.69, 9.17) is 9.47 Å². The third kappa shape index (κ3) is 5.02. The number of nitrogens with one attached hydrogen (secondary N) is 1. The van der Waals surface area contributed by atoms with Gasteiger partial charge in [-0.1, -0.05) is 0 Å². The van der Waals surface area contributed by atoms with Crippen LogP contribution >= 0.6 is 0 Å². The fraction of sp³-hybridized carbons (Fsp3) is 0.375. The van der Waals surface area contributed by atoms with E-state index in [0.717, 1.165) is 36.2 Å². The van der Waals surface area contributed by atoms with E-state index in [2.05, 4.69) is 9.98 Å². The number of hydrogen-bond acceptors (Lipinski definition) is 9. The lowest BCUT2D eigenvalue weighted by molar-refractivity contribution is -0.395. The molecule has 1 aliphatic heterocycles. The van der Waals surface area contributed by atoms with Gasteiger partial charge in [0.05, 0.1) is 35.1 Å². The Morgan fingerprint density at radius 2 is 1.69 bits per heavy atom. The molecule has 1 N–H and O–H groups in total. The smallest absolute Gasteiger partial charge is 0.336 e. The van der Waals surface area contributed by atoms with Crippen molar-refractivity contribution in [3.8, 4) is 0 Å². The molecule has 2 heterocycles. The highest BCUT2D eigenvalue weighted by Gasteiger charge is 2.47. The first-order chi connectivity index (χ1) is 17.0. The zero-order chi connectivity index (χ0) is 26.7. The van der Waals surface area contributed by atoms with Crippen LogP contribution in [0.4, 0.5) is 11.4 Å². The maximum absolute atomic E-state index is 13.3. The van der Waals surface area contributed by atoms with Gasteiger partial charge in [0.2, 0.25) is 0 Å². The number of methoxy groups -OCH3 is 1. The fourth-order valence-corrected chi connectivity index (χ4v) is 4.60. The van der Waals surface area contributed by atoms with Crippen LogP contribution < -0.4 is 0 Å². The second-order valence-electron chi connectivity index (χ2n) is 8.44. The Morgan fingerprint density at radius 1 is 1.08 bits per heavy atom. The molecule has 0 aliphatic carbocycles. The molecule has 0 amide bonds. The highest BCUT2D eigenvalue weighted by molar-refractivity contribution is 6.07. The topological polar surface area (TPSA) is 167 Å². The number of H-pyrrole nitrogens is 1. The maximum Gasteiger partial charge on any atom is 0.336 e. The summed E-state index contributed by atoms with van der Waals surface area (Å²) in [4.78, 5) is 55.8. The second-order valence-corrected chi connectivity index (χ2v) is 8.44. The Balaban J connectivity index is 2.12. The molecule has 0 saturated heterocycles. The Bertz CT molecular complexity index is 1270. The van der Waals surface area contributed by atoms with Gasteiger partial charge in [-0.25, -0.2) is 4.79 Å². The van der Waals surface area contributed by atoms with Gasteiger partial charge in [-0.05, 0) is 45.4 Å². The van der Waals surface area contributed by atoms with Gasteiger partial charge in [0, 0.05) is 41.4 Å². The molecule has 2 unspecified atom stereocenters. The summed E-state index contributed by atoms with van der Waals surface area (Å²) >= 11 is 0. The van der Waals surface area contributed by atoms with E-state index in [-0.39, 0.29) is 29.2 Å². The minimum Gasteiger partial charge on any atom is -0.468 e. The molecule has 0 fully saturated rings. The molecule has 0 radical (unpaired) electrons. The normalized spacial score (nSPS) is 17.4. The number of aryl methyl sites for hydroxylation is 2. The quantitative estimate of drug-likeness (QED) is 0.325. The minimum absolute atomic E-state index is 0.0228. The predicted molar refractivity (Wildman–Crippen MR) is 129 cm³/mol. The van der Waals surface area contributed by atoms with E-state index in [1.54, 1.807) is 0 Å². The molecule has 0 spiro atoms. The lowest BCUT2D eigenvalue weighted by Crippen LogP contribution is -2.36. The highest BCUT2D eigenvalue weighted by atomic mass is 16.6. The van der Waals surface area contributed by atoms with E-state index in [1.807, 2.05) is 19.9 Å². The van der Waals surface area contributed by atoms with Crippen LogP contribution in [0.15, 0.2) is 40.5 Å². The molecule has 12 heteroatoms. The van der Waals surface area contributed by atoms with Crippen LogP contribution in [0.1, 0.15) is 42.3 Å². The van der Waals surface area contributed by atoms with Gasteiger partial charge in [0.15, 0.2) is 0 Å². The third-order valence-corrected chi connectivity index (χ3v) is 6.13.